The molecule has 0 fully saturated rings. The molecule has 164 valence electrons. The number of nitrogens with two attached hydrogens (primary N) is 1. The smallest absolute Gasteiger partial charge is 0.339 e. The van der Waals surface area contributed by atoms with Crippen LogP contribution in [0.15, 0.2) is 84.9 Å². The van der Waals surface area contributed by atoms with Gasteiger partial charge in [-0.1, -0.05) is 60.7 Å². The van der Waals surface area contributed by atoms with Crippen LogP contribution in [0.5, 0.6) is 11.5 Å². The van der Waals surface area contributed by atoms with Crippen LogP contribution in [0.2, 0.25) is 0 Å². The Morgan fingerprint density at radius 2 is 1.64 bits per heavy atom. The maximum Gasteiger partial charge on any atom is 0.339 e. The van der Waals surface area contributed by atoms with Crippen molar-refractivity contribution in [3.05, 3.63) is 95.4 Å². The van der Waals surface area contributed by atoms with Crippen molar-refractivity contribution in [1.29, 1.82) is 0 Å². The lowest BCUT2D eigenvalue weighted by molar-refractivity contribution is 0.0528. The van der Waals surface area contributed by atoms with Gasteiger partial charge >= 0.3 is 5.97 Å². The number of esters is 1. The number of benzene rings is 4. The zero-order valence-electron chi connectivity index (χ0n) is 18.2. The fourth-order valence-electron chi connectivity index (χ4n) is 4.12. The summed E-state index contributed by atoms with van der Waals surface area (Å²) in [4.78, 5) is 13.6. The van der Waals surface area contributed by atoms with Gasteiger partial charge in [-0.15, -0.1) is 11.3 Å². The molecule has 4 aromatic carbocycles. The molecular formula is C28H23NO3S. The monoisotopic (exact) mass is 453 g/mol. The van der Waals surface area contributed by atoms with Gasteiger partial charge in [0, 0.05) is 27.1 Å². The van der Waals surface area contributed by atoms with Crippen LogP contribution in [0.3, 0.4) is 0 Å². The second-order valence-corrected chi connectivity index (χ2v) is 8.75. The van der Waals surface area contributed by atoms with Gasteiger partial charge < -0.3 is 15.2 Å². The van der Waals surface area contributed by atoms with Gasteiger partial charge in [-0.05, 0) is 47.5 Å². The molecule has 0 saturated carbocycles. The van der Waals surface area contributed by atoms with Crippen LogP contribution in [-0.4, -0.2) is 12.6 Å². The normalized spacial score (nSPS) is 11.1. The summed E-state index contributed by atoms with van der Waals surface area (Å²) in [6.45, 7) is 2.38. The summed E-state index contributed by atoms with van der Waals surface area (Å²) in [7, 11) is 0. The van der Waals surface area contributed by atoms with Crippen molar-refractivity contribution in [2.24, 2.45) is 5.73 Å². The van der Waals surface area contributed by atoms with E-state index in [-0.39, 0.29) is 12.5 Å². The summed E-state index contributed by atoms with van der Waals surface area (Å²) in [5.74, 6) is 1.05. The average Bonchev–Trinajstić information content (AvgIpc) is 3.21. The molecule has 5 heteroatoms. The van der Waals surface area contributed by atoms with Crippen molar-refractivity contribution in [2.75, 3.05) is 6.61 Å². The largest absolute Gasteiger partial charge is 0.462 e. The van der Waals surface area contributed by atoms with Crippen molar-refractivity contribution in [1.82, 2.24) is 0 Å². The SMILES string of the molecule is CCOC(=O)c1c(CN)sc2cc(-c3cccc4ccccc34)c(Oc3ccccc3)cc12. The summed E-state index contributed by atoms with van der Waals surface area (Å²) < 4.78 is 12.7. The standard InChI is InChI=1S/C28H23NO3S/c1-2-31-28(30)27-23-15-24(32-19-11-4-3-5-12-19)22(16-25(23)33-26(27)17-29)21-14-8-10-18-9-6-7-13-20(18)21/h3-16H,2,17,29H2,1H3. The van der Waals surface area contributed by atoms with Gasteiger partial charge in [-0.2, -0.15) is 0 Å². The molecule has 0 radical (unpaired) electrons. The van der Waals surface area contributed by atoms with Gasteiger partial charge in [-0.3, -0.25) is 0 Å². The van der Waals surface area contributed by atoms with E-state index < -0.39 is 0 Å². The molecule has 0 atom stereocenters. The highest BCUT2D eigenvalue weighted by Gasteiger charge is 2.22. The summed E-state index contributed by atoms with van der Waals surface area (Å²) in [6.07, 6.45) is 0. The minimum atomic E-state index is -0.354. The van der Waals surface area contributed by atoms with Crippen molar-refractivity contribution < 1.29 is 14.3 Å². The number of hydrogen-bond acceptors (Lipinski definition) is 5. The van der Waals surface area contributed by atoms with Gasteiger partial charge in [0.1, 0.15) is 11.5 Å². The Morgan fingerprint density at radius 3 is 2.42 bits per heavy atom. The second kappa shape index (κ2) is 9.06. The van der Waals surface area contributed by atoms with E-state index in [4.69, 9.17) is 15.2 Å². The zero-order valence-corrected chi connectivity index (χ0v) is 19.0. The highest BCUT2D eigenvalue weighted by molar-refractivity contribution is 7.19. The fraction of sp³-hybridized carbons (Fsp3) is 0.107. The molecular weight excluding hydrogens is 430 g/mol. The number of carbonyl (C=O) groups is 1. The number of thiophene rings is 1. The van der Waals surface area contributed by atoms with Gasteiger partial charge in [-0.25, -0.2) is 4.79 Å². The average molecular weight is 454 g/mol. The predicted octanol–water partition coefficient (Wildman–Crippen LogP) is 7.15. The van der Waals surface area contributed by atoms with E-state index in [1.165, 1.54) is 11.3 Å². The first-order valence-electron chi connectivity index (χ1n) is 10.9. The quantitative estimate of drug-likeness (QED) is 0.277. The number of hydrogen-bond donors (Lipinski definition) is 1. The molecule has 1 aromatic heterocycles. The molecule has 2 N–H and O–H groups in total. The van der Waals surface area contributed by atoms with Crippen LogP contribution in [-0.2, 0) is 11.3 Å². The van der Waals surface area contributed by atoms with Crippen molar-refractivity contribution in [3.8, 4) is 22.6 Å². The Labute approximate surface area is 196 Å². The lowest BCUT2D eigenvalue weighted by atomic mass is 9.96. The molecule has 5 aromatic rings. The van der Waals surface area contributed by atoms with E-state index in [0.717, 1.165) is 42.6 Å². The van der Waals surface area contributed by atoms with Crippen LogP contribution in [0, 0.1) is 0 Å². The van der Waals surface area contributed by atoms with E-state index in [0.29, 0.717) is 17.9 Å². The molecule has 4 nitrogen and oxygen atoms in total. The molecule has 0 amide bonds. The second-order valence-electron chi connectivity index (χ2n) is 7.61. The maximum absolute atomic E-state index is 12.8. The number of carbonyl (C=O) groups excluding carboxylic acids is 1. The Kier molecular flexibility index (Phi) is 5.82. The molecule has 1 heterocycles. The molecule has 0 spiro atoms. The first-order valence-corrected chi connectivity index (χ1v) is 11.7. The molecule has 33 heavy (non-hydrogen) atoms. The Bertz CT molecular complexity index is 1450. The molecule has 0 saturated heterocycles. The Balaban J connectivity index is 1.78. The Hall–Kier alpha value is -3.67. The Morgan fingerprint density at radius 1 is 0.879 bits per heavy atom. The lowest BCUT2D eigenvalue weighted by Crippen LogP contribution is -2.08. The first-order chi connectivity index (χ1) is 16.2. The summed E-state index contributed by atoms with van der Waals surface area (Å²) in [5.41, 5.74) is 8.57. The fourth-order valence-corrected chi connectivity index (χ4v) is 5.21. The summed E-state index contributed by atoms with van der Waals surface area (Å²) in [6, 6.07) is 28.3. The van der Waals surface area contributed by atoms with Crippen molar-refractivity contribution in [2.45, 2.75) is 13.5 Å². The van der Waals surface area contributed by atoms with Crippen LogP contribution >= 0.6 is 11.3 Å². The third-order valence-corrected chi connectivity index (χ3v) is 6.75. The summed E-state index contributed by atoms with van der Waals surface area (Å²) in [5, 5.41) is 3.09. The lowest BCUT2D eigenvalue weighted by Gasteiger charge is -2.14. The van der Waals surface area contributed by atoms with Crippen LogP contribution < -0.4 is 10.5 Å². The third kappa shape index (κ3) is 3.97. The van der Waals surface area contributed by atoms with E-state index in [1.54, 1.807) is 6.92 Å². The van der Waals surface area contributed by atoms with Crippen molar-refractivity contribution >= 4 is 38.2 Å². The molecule has 0 bridgehead atoms. The first kappa shape index (κ1) is 21.2. The van der Waals surface area contributed by atoms with E-state index in [2.05, 4.69) is 36.4 Å². The van der Waals surface area contributed by atoms with Crippen LogP contribution in [0.1, 0.15) is 22.2 Å². The number of fused-ring (bicyclic) bond motifs is 2. The molecule has 0 aliphatic carbocycles. The molecule has 0 aliphatic heterocycles. The van der Waals surface area contributed by atoms with Crippen LogP contribution in [0.4, 0.5) is 0 Å². The van der Waals surface area contributed by atoms with Crippen LogP contribution in [0.25, 0.3) is 32.0 Å². The van der Waals surface area contributed by atoms with E-state index >= 15 is 0 Å². The topological polar surface area (TPSA) is 61.5 Å². The molecule has 0 aliphatic rings. The van der Waals surface area contributed by atoms with Gasteiger partial charge in [0.25, 0.3) is 0 Å². The minimum Gasteiger partial charge on any atom is -0.462 e. The van der Waals surface area contributed by atoms with Crippen molar-refractivity contribution in [3.63, 3.8) is 0 Å². The minimum absolute atomic E-state index is 0.270. The molecule has 0 unspecified atom stereocenters. The van der Waals surface area contributed by atoms with Gasteiger partial charge in [0.2, 0.25) is 0 Å². The third-order valence-electron chi connectivity index (χ3n) is 5.58. The van der Waals surface area contributed by atoms with E-state index in [9.17, 15) is 4.79 Å². The van der Waals surface area contributed by atoms with Gasteiger partial charge in [0.15, 0.2) is 0 Å². The summed E-state index contributed by atoms with van der Waals surface area (Å²) >= 11 is 1.53. The van der Waals surface area contributed by atoms with E-state index in [1.807, 2.05) is 48.5 Å². The number of para-hydroxylation sites is 1. The van der Waals surface area contributed by atoms with Gasteiger partial charge in [0.05, 0.1) is 12.2 Å². The number of rotatable bonds is 6. The number of ether oxygens (including phenoxy) is 2. The predicted molar refractivity (Wildman–Crippen MR) is 135 cm³/mol. The highest BCUT2D eigenvalue weighted by Crippen LogP contribution is 2.43. The molecule has 5 rings (SSSR count). The zero-order chi connectivity index (χ0) is 22.8. The maximum atomic E-state index is 12.8. The highest BCUT2D eigenvalue weighted by atomic mass is 32.1.